The number of benzene rings is 2. The summed E-state index contributed by atoms with van der Waals surface area (Å²) >= 11 is 9.40. The molecule has 3 N–H and O–H groups in total. The van der Waals surface area contributed by atoms with Crippen molar-refractivity contribution in [3.63, 3.8) is 0 Å². The molecule has 2 heterocycles. The first kappa shape index (κ1) is 18.7. The molecule has 0 aliphatic rings. The first-order valence-corrected chi connectivity index (χ1v) is 10.4. The van der Waals surface area contributed by atoms with E-state index in [0.717, 1.165) is 0 Å². The second kappa shape index (κ2) is 6.76. The van der Waals surface area contributed by atoms with Gasteiger partial charge in [-0.1, -0.05) is 23.7 Å². The van der Waals surface area contributed by atoms with Crippen LogP contribution >= 0.6 is 27.5 Å². The second-order valence-electron chi connectivity index (χ2n) is 5.82. The van der Waals surface area contributed by atoms with E-state index >= 15 is 0 Å². The zero-order valence-electron chi connectivity index (χ0n) is 14.1. The Morgan fingerprint density at radius 2 is 2.07 bits per heavy atom. The maximum atomic E-state index is 13.0. The number of nitrogens with one attached hydrogen (secondary N) is 3. The highest BCUT2D eigenvalue weighted by Gasteiger charge is 2.26. The quantitative estimate of drug-likeness (QED) is 0.406. The van der Waals surface area contributed by atoms with E-state index in [0.29, 0.717) is 22.9 Å². The van der Waals surface area contributed by atoms with E-state index in [2.05, 4.69) is 40.8 Å². The standard InChI is InChI=1S/C16H11BrClN5O4S/c1-7-19-15(22-21-7)8-3-2-4-9(5-8)23-28(25,26)14-10(17)6-11-13(12(14)18)27-16(24)20-11/h2-6,23H,1H3,(H,20,24)(H,19,21,22). The van der Waals surface area contributed by atoms with Crippen molar-refractivity contribution in [2.45, 2.75) is 11.8 Å². The molecule has 2 aromatic heterocycles. The number of aromatic amines is 2. The zero-order valence-corrected chi connectivity index (χ0v) is 17.2. The van der Waals surface area contributed by atoms with Gasteiger partial charge >= 0.3 is 5.76 Å². The molecule has 4 aromatic rings. The number of anilines is 1. The van der Waals surface area contributed by atoms with Gasteiger partial charge in [-0.15, -0.1) is 0 Å². The van der Waals surface area contributed by atoms with Gasteiger partial charge < -0.3 is 4.42 Å². The summed E-state index contributed by atoms with van der Waals surface area (Å²) in [5, 5.41) is 6.58. The molecule has 9 nitrogen and oxygen atoms in total. The lowest BCUT2D eigenvalue weighted by atomic mass is 10.2. The van der Waals surface area contributed by atoms with Gasteiger partial charge in [-0.3, -0.25) is 14.8 Å². The minimum atomic E-state index is -4.10. The number of aromatic nitrogens is 4. The van der Waals surface area contributed by atoms with Gasteiger partial charge in [0.25, 0.3) is 10.0 Å². The van der Waals surface area contributed by atoms with Crippen LogP contribution in [0, 0.1) is 6.92 Å². The van der Waals surface area contributed by atoms with E-state index < -0.39 is 15.8 Å². The number of H-pyrrole nitrogens is 2. The van der Waals surface area contributed by atoms with Crippen LogP contribution in [0.25, 0.3) is 22.5 Å². The topological polar surface area (TPSA) is 134 Å². The van der Waals surface area contributed by atoms with Crippen molar-refractivity contribution in [3.8, 4) is 11.4 Å². The third-order valence-electron chi connectivity index (χ3n) is 3.80. The van der Waals surface area contributed by atoms with Crippen LogP contribution in [0.1, 0.15) is 5.82 Å². The van der Waals surface area contributed by atoms with Crippen LogP contribution in [0.5, 0.6) is 0 Å². The smallest absolute Gasteiger partial charge is 0.406 e. The van der Waals surface area contributed by atoms with Gasteiger partial charge in [-0.2, -0.15) is 5.10 Å². The van der Waals surface area contributed by atoms with Crippen molar-refractivity contribution < 1.29 is 12.8 Å². The molecule has 0 saturated heterocycles. The normalized spacial score (nSPS) is 11.8. The number of fused-ring (bicyclic) bond motifs is 1. The number of sulfonamides is 1. The number of aryl methyl sites for hydroxylation is 1. The minimum Gasteiger partial charge on any atom is -0.406 e. The predicted octanol–water partition coefficient (Wildman–Crippen LogP) is 3.43. The Kier molecular flexibility index (Phi) is 4.52. The van der Waals surface area contributed by atoms with Gasteiger partial charge in [-0.25, -0.2) is 18.2 Å². The first-order valence-electron chi connectivity index (χ1n) is 7.78. The van der Waals surface area contributed by atoms with E-state index in [9.17, 15) is 13.2 Å². The predicted molar refractivity (Wildman–Crippen MR) is 107 cm³/mol. The molecule has 0 fully saturated rings. The molecule has 144 valence electrons. The molecule has 0 bridgehead atoms. The van der Waals surface area contributed by atoms with Crippen LogP contribution in [-0.4, -0.2) is 28.6 Å². The van der Waals surface area contributed by atoms with Crippen LogP contribution in [0.15, 0.2) is 48.9 Å². The van der Waals surface area contributed by atoms with E-state index in [-0.39, 0.29) is 25.5 Å². The molecule has 0 aliphatic heterocycles. The Morgan fingerprint density at radius 3 is 2.79 bits per heavy atom. The third kappa shape index (κ3) is 3.32. The highest BCUT2D eigenvalue weighted by molar-refractivity contribution is 9.10. The fourth-order valence-corrected chi connectivity index (χ4v) is 5.56. The van der Waals surface area contributed by atoms with Crippen molar-refractivity contribution in [1.82, 2.24) is 20.2 Å². The molecule has 28 heavy (non-hydrogen) atoms. The highest BCUT2D eigenvalue weighted by atomic mass is 79.9. The summed E-state index contributed by atoms with van der Waals surface area (Å²) in [4.78, 5) is 17.8. The van der Waals surface area contributed by atoms with Gasteiger partial charge in [0.05, 0.1) is 5.52 Å². The number of halogens is 2. The van der Waals surface area contributed by atoms with E-state index in [1.165, 1.54) is 6.07 Å². The lowest BCUT2D eigenvalue weighted by Gasteiger charge is -2.12. The summed E-state index contributed by atoms with van der Waals surface area (Å²) in [5.41, 5.74) is 1.16. The molecule has 0 unspecified atom stereocenters. The minimum absolute atomic E-state index is 0.0415. The fraction of sp³-hybridized carbons (Fsp3) is 0.0625. The van der Waals surface area contributed by atoms with E-state index in [1.54, 1.807) is 31.2 Å². The van der Waals surface area contributed by atoms with Crippen LogP contribution in [0.4, 0.5) is 5.69 Å². The lowest BCUT2D eigenvalue weighted by Crippen LogP contribution is -2.14. The fourth-order valence-electron chi connectivity index (χ4n) is 2.65. The third-order valence-corrected chi connectivity index (χ3v) is 6.63. The van der Waals surface area contributed by atoms with Gasteiger partial charge in [-0.05, 0) is 41.1 Å². The second-order valence-corrected chi connectivity index (χ2v) is 8.67. The Morgan fingerprint density at radius 1 is 1.29 bits per heavy atom. The molecule has 0 amide bonds. The summed E-state index contributed by atoms with van der Waals surface area (Å²) in [5.74, 6) is 0.340. The van der Waals surface area contributed by atoms with Crippen LogP contribution in [-0.2, 0) is 10.0 Å². The summed E-state index contributed by atoms with van der Waals surface area (Å²) in [7, 11) is -4.10. The molecule has 0 spiro atoms. The molecule has 0 radical (unpaired) electrons. The molecule has 4 rings (SSSR count). The molecule has 0 atom stereocenters. The van der Waals surface area contributed by atoms with Gasteiger partial charge in [0.2, 0.25) is 0 Å². The van der Waals surface area contributed by atoms with Crippen LogP contribution < -0.4 is 10.5 Å². The number of hydrogen-bond acceptors (Lipinski definition) is 6. The number of rotatable bonds is 4. The van der Waals surface area contributed by atoms with Crippen molar-refractivity contribution in [3.05, 3.63) is 56.2 Å². The van der Waals surface area contributed by atoms with Crippen molar-refractivity contribution in [1.29, 1.82) is 0 Å². The lowest BCUT2D eigenvalue weighted by molar-refractivity contribution is 0.554. The van der Waals surface area contributed by atoms with Gasteiger partial charge in [0.15, 0.2) is 11.4 Å². The average molecular weight is 485 g/mol. The molecule has 12 heteroatoms. The number of hydrogen-bond donors (Lipinski definition) is 3. The van der Waals surface area contributed by atoms with Crippen molar-refractivity contribution in [2.24, 2.45) is 0 Å². The number of oxazole rings is 1. The average Bonchev–Trinajstić information content (AvgIpc) is 3.20. The Labute approximate surface area is 171 Å². The maximum absolute atomic E-state index is 13.0. The van der Waals surface area contributed by atoms with Crippen LogP contribution in [0.3, 0.4) is 0 Å². The van der Waals surface area contributed by atoms with Gasteiger partial charge in [0.1, 0.15) is 15.7 Å². The molecular weight excluding hydrogens is 474 g/mol. The highest BCUT2D eigenvalue weighted by Crippen LogP contribution is 2.36. The van der Waals surface area contributed by atoms with Gasteiger partial charge in [0, 0.05) is 15.7 Å². The molecule has 0 saturated carbocycles. The van der Waals surface area contributed by atoms with Crippen molar-refractivity contribution in [2.75, 3.05) is 4.72 Å². The van der Waals surface area contributed by atoms with Crippen LogP contribution in [0.2, 0.25) is 5.02 Å². The number of nitrogens with zero attached hydrogens (tertiary/aromatic N) is 2. The molecule has 2 aromatic carbocycles. The monoisotopic (exact) mass is 483 g/mol. The Hall–Kier alpha value is -2.63. The summed E-state index contributed by atoms with van der Waals surface area (Å²) < 4.78 is 33.5. The Bertz CT molecular complexity index is 1380. The first-order chi connectivity index (χ1) is 13.2. The maximum Gasteiger partial charge on any atom is 0.417 e. The Balaban J connectivity index is 1.76. The molecular formula is C16H11BrClN5O4S. The zero-order chi connectivity index (χ0) is 20.1. The summed E-state index contributed by atoms with van der Waals surface area (Å²) in [6.07, 6.45) is 0. The largest absolute Gasteiger partial charge is 0.417 e. The van der Waals surface area contributed by atoms with E-state index in [4.69, 9.17) is 16.0 Å². The van der Waals surface area contributed by atoms with E-state index in [1.807, 2.05) is 0 Å². The SMILES string of the molecule is Cc1nc(-c2cccc(NS(=O)(=O)c3c(Br)cc4[nH]c(=O)oc4c3Cl)c2)n[nH]1. The molecule has 0 aliphatic carbocycles. The summed E-state index contributed by atoms with van der Waals surface area (Å²) in [6.45, 7) is 1.76. The van der Waals surface area contributed by atoms with Crippen molar-refractivity contribution >= 4 is 54.3 Å². The summed E-state index contributed by atoms with van der Waals surface area (Å²) in [6, 6.07) is 8.01.